The van der Waals surface area contributed by atoms with Crippen LogP contribution >= 0.6 is 15.0 Å². The average molecular weight is 1020 g/mol. The van der Waals surface area contributed by atoms with E-state index in [0.717, 1.165) is 0 Å². The van der Waals surface area contributed by atoms with Crippen LogP contribution in [0.25, 0.3) is 11.2 Å². The van der Waals surface area contributed by atoms with Crippen molar-refractivity contribution in [3.05, 3.63) is 35.3 Å². The highest BCUT2D eigenvalue weighted by Gasteiger charge is 2.60. The predicted octanol–water partition coefficient (Wildman–Crippen LogP) is 5.49. The van der Waals surface area contributed by atoms with Crippen LogP contribution in [-0.2, 0) is 52.5 Å². The molecular formula is C39H64N8O14P2SSi2. The number of nitrogens with one attached hydrogen (secondary N) is 2. The molecule has 5 N–H and O–H groups in total. The highest BCUT2D eigenvalue weighted by atomic mass is 32.5. The van der Waals surface area contributed by atoms with Crippen molar-refractivity contribution in [1.82, 2.24) is 29.5 Å². The maximum absolute atomic E-state index is 13.4. The molecule has 5 rings (SSSR count). The second-order valence-corrected chi connectivity index (χ2v) is 30.3. The van der Waals surface area contributed by atoms with Gasteiger partial charge < -0.3 is 46.4 Å². The first-order valence-electron chi connectivity index (χ1n) is 22.0. The van der Waals surface area contributed by atoms with Crippen molar-refractivity contribution in [2.45, 2.75) is 147 Å². The summed E-state index contributed by atoms with van der Waals surface area (Å²) in [5.41, 5.74) is -1.84. The van der Waals surface area contributed by atoms with Crippen LogP contribution < -0.4 is 15.6 Å². The second-order valence-electron chi connectivity index (χ2n) is 17.9. The van der Waals surface area contributed by atoms with E-state index in [2.05, 4.69) is 30.2 Å². The van der Waals surface area contributed by atoms with Gasteiger partial charge in [0.25, 0.3) is 5.56 Å². The van der Waals surface area contributed by atoms with Gasteiger partial charge in [0.1, 0.15) is 30.7 Å². The lowest BCUT2D eigenvalue weighted by Gasteiger charge is -2.47. The van der Waals surface area contributed by atoms with E-state index in [9.17, 15) is 34.2 Å². The molecule has 2 aliphatic rings. The van der Waals surface area contributed by atoms with Crippen LogP contribution in [0.3, 0.4) is 0 Å². The fourth-order valence-electron chi connectivity index (χ4n) is 8.07. The summed E-state index contributed by atoms with van der Waals surface area (Å²) in [6.07, 6.45) is -1.83. The van der Waals surface area contributed by atoms with Gasteiger partial charge >= 0.3 is 32.1 Å². The van der Waals surface area contributed by atoms with Crippen LogP contribution in [0.4, 0.5) is 5.95 Å². The summed E-state index contributed by atoms with van der Waals surface area (Å²) in [6, 6.07) is 3.60. The Kier molecular flexibility index (Phi) is 18.9. The number of aliphatic hydroxyl groups excluding tert-OH is 1. The zero-order valence-electron chi connectivity index (χ0n) is 38.9. The smallest absolute Gasteiger partial charge is 0.335 e. The molecule has 22 nitrogen and oxygen atoms in total. The Hall–Kier alpha value is -2.90. The molecular weight excluding hydrogens is 955 g/mol. The highest BCUT2D eigenvalue weighted by Crippen LogP contribution is 2.56. The van der Waals surface area contributed by atoms with Gasteiger partial charge in [-0.25, -0.2) is 15.0 Å². The number of carbonyl (C=O) groups excluding carboxylic acids is 1. The first-order chi connectivity index (χ1) is 31.1. The molecule has 1 saturated carbocycles. The van der Waals surface area contributed by atoms with E-state index in [4.69, 9.17) is 47.9 Å². The molecule has 0 aromatic carbocycles. The third kappa shape index (κ3) is 12.6. The minimum atomic E-state index is -4.06. The maximum Gasteiger partial charge on any atom is 0.335 e. The molecule has 9 atom stereocenters. The third-order valence-electron chi connectivity index (χ3n) is 11.7. The first-order valence-corrected chi connectivity index (χ1v) is 29.8. The second kappa shape index (κ2) is 23.1. The molecule has 2 fully saturated rings. The van der Waals surface area contributed by atoms with Gasteiger partial charge in [0.05, 0.1) is 44.7 Å². The molecule has 4 heterocycles. The summed E-state index contributed by atoms with van der Waals surface area (Å²) in [5.74, 6) is -1.30. The highest BCUT2D eigenvalue weighted by molar-refractivity contribution is 8.07. The first kappa shape index (κ1) is 54.1. The Morgan fingerprint density at radius 3 is 2.36 bits per heavy atom. The number of anilines is 1. The number of hydrogen-bond donors (Lipinski definition) is 5. The monoisotopic (exact) mass is 1020 g/mol. The normalized spacial score (nSPS) is 24.2. The van der Waals surface area contributed by atoms with Gasteiger partial charge in [0.2, 0.25) is 17.7 Å². The summed E-state index contributed by atoms with van der Waals surface area (Å²) < 4.78 is 65.4. The summed E-state index contributed by atoms with van der Waals surface area (Å²) in [7, 11) is -10.6. The maximum atomic E-state index is 13.4. The molecule has 1 amide bonds. The summed E-state index contributed by atoms with van der Waals surface area (Å²) in [6.45, 7) is 13.7. The number of fused-ring (bicyclic) bond motifs is 1. The lowest BCUT2D eigenvalue weighted by Crippen LogP contribution is -2.62. The standard InChI is InChI=1S/C39H64N8O14P2SSi2/c1-22(2)36(49)45-39-44-35-32(37(50)46-39)43-21-47(35)38-34(33(30(18-48)57-38)60-66(25(7)8,26(9)10)61-65(53,23(3)4)24(5)6)59-63(64,54-15-11-13-40)55-19-27-16-28(17-29(27)58-62(51)52)56-31-12-14-41-20-42-31/h12,14,20-30,33-34,38,48,53,62H,11,15-19H2,1-10H3,(H,51,52)(H2,44,45,46,49,50)/t27-,28-,29+,30-,33-,34-,38-,63+/m1/s1. The van der Waals surface area contributed by atoms with E-state index in [1.807, 2.05) is 61.5 Å². The number of nitrogens with zero attached hydrogens (tertiary/aromatic N) is 6. The third-order valence-corrected chi connectivity index (χ3v) is 24.3. The van der Waals surface area contributed by atoms with Crippen molar-refractivity contribution in [2.24, 2.45) is 11.8 Å². The van der Waals surface area contributed by atoms with Gasteiger partial charge in [-0.05, 0) is 40.4 Å². The summed E-state index contributed by atoms with van der Waals surface area (Å²) in [4.78, 5) is 67.8. The number of rotatable bonds is 24. The Bertz CT molecular complexity index is 2260. The molecule has 1 aliphatic heterocycles. The summed E-state index contributed by atoms with van der Waals surface area (Å²) >= 11 is 6.14. The number of imidazole rings is 1. The zero-order valence-corrected chi connectivity index (χ0v) is 43.6. The molecule has 1 unspecified atom stereocenters. The molecule has 1 saturated heterocycles. The fourth-order valence-corrected chi connectivity index (χ4v) is 20.7. The number of aromatic amines is 1. The van der Waals surface area contributed by atoms with E-state index in [-0.39, 0.29) is 71.8 Å². The minimum Gasteiger partial charge on any atom is -0.474 e. The van der Waals surface area contributed by atoms with Crippen molar-refractivity contribution in [3.63, 3.8) is 0 Å². The number of amides is 1. The van der Waals surface area contributed by atoms with Crippen LogP contribution in [0.5, 0.6) is 5.88 Å². The number of carbonyl (C=O) groups is 1. The van der Waals surface area contributed by atoms with E-state index in [1.165, 1.54) is 23.4 Å². The molecule has 1 aliphatic carbocycles. The van der Waals surface area contributed by atoms with E-state index >= 15 is 0 Å². The lowest BCUT2D eigenvalue weighted by molar-refractivity contribution is -0.118. The molecule has 3 aromatic heterocycles. The molecule has 0 bridgehead atoms. The van der Waals surface area contributed by atoms with Gasteiger partial charge in [-0.3, -0.25) is 33.5 Å². The van der Waals surface area contributed by atoms with Crippen LogP contribution in [0.15, 0.2) is 29.7 Å². The molecule has 0 radical (unpaired) electrons. The fraction of sp³-hybridized carbons (Fsp3) is 0.718. The predicted molar refractivity (Wildman–Crippen MR) is 249 cm³/mol. The molecule has 3 aromatic rings. The summed E-state index contributed by atoms with van der Waals surface area (Å²) in [5, 5.41) is 23.2. The number of aromatic nitrogens is 6. The Morgan fingerprint density at radius 2 is 1.79 bits per heavy atom. The minimum absolute atomic E-state index is 0.0258. The van der Waals surface area contributed by atoms with Gasteiger partial charge in [-0.15, -0.1) is 0 Å². The van der Waals surface area contributed by atoms with Crippen LogP contribution in [-0.4, -0.2) is 118 Å². The van der Waals surface area contributed by atoms with Crippen molar-refractivity contribution in [3.8, 4) is 11.9 Å². The van der Waals surface area contributed by atoms with Gasteiger partial charge in [0, 0.05) is 30.5 Å². The van der Waals surface area contributed by atoms with Gasteiger partial charge in [-0.2, -0.15) is 10.2 Å². The van der Waals surface area contributed by atoms with Crippen molar-refractivity contribution >= 4 is 66.9 Å². The quantitative estimate of drug-likeness (QED) is 0.0421. The SMILES string of the molecule is CC(C)C(=O)Nc1nc2c(ncn2[C@@H]2O[C@H](CO)[C@@H](O[Si](O[Si](O)(C(C)C)C(C)C)(C(C)C)C(C)C)[C@H]2O[P@](=S)(OCCC#N)OC[C@H]2C[C@@H](Oc3ccncn3)C[C@@H]2O[PH](=O)O)c(=O)[nH]1. The lowest BCUT2D eigenvalue weighted by atomic mass is 10.1. The van der Waals surface area contributed by atoms with Gasteiger partial charge in [-0.1, -0.05) is 69.2 Å². The Balaban J connectivity index is 1.62. The molecule has 0 spiro atoms. The number of nitriles is 1. The van der Waals surface area contributed by atoms with E-state index < -0.39 is 98.8 Å². The van der Waals surface area contributed by atoms with Crippen LogP contribution in [0.2, 0.25) is 22.2 Å². The zero-order chi connectivity index (χ0) is 48.7. The number of ether oxygens (including phenoxy) is 2. The molecule has 27 heteroatoms. The van der Waals surface area contributed by atoms with Crippen molar-refractivity contribution in [1.29, 1.82) is 5.26 Å². The van der Waals surface area contributed by atoms with Gasteiger partial charge in [0.15, 0.2) is 17.4 Å². The van der Waals surface area contributed by atoms with Crippen molar-refractivity contribution in [2.75, 3.05) is 25.1 Å². The van der Waals surface area contributed by atoms with E-state index in [1.54, 1.807) is 19.9 Å². The number of hydrogen-bond acceptors (Lipinski definition) is 19. The average Bonchev–Trinajstić information content (AvgIpc) is 3.94. The van der Waals surface area contributed by atoms with Crippen LogP contribution in [0, 0.1) is 23.2 Å². The largest absolute Gasteiger partial charge is 0.474 e. The number of aliphatic hydroxyl groups is 1. The molecule has 66 heavy (non-hydrogen) atoms. The Morgan fingerprint density at radius 1 is 1.09 bits per heavy atom. The Labute approximate surface area is 392 Å². The van der Waals surface area contributed by atoms with Crippen molar-refractivity contribution < 1.29 is 60.3 Å². The van der Waals surface area contributed by atoms with Crippen LogP contribution in [0.1, 0.15) is 94.7 Å². The number of H-pyrrole nitrogens is 1. The topological polar surface area (TPSA) is 294 Å². The molecule has 368 valence electrons. The van der Waals surface area contributed by atoms with E-state index in [0.29, 0.717) is 5.88 Å².